The lowest BCUT2D eigenvalue weighted by Gasteiger charge is -2.55. The number of rotatable bonds is 4. The van der Waals surface area contributed by atoms with Crippen LogP contribution in [-0.4, -0.2) is 60.3 Å². The Bertz CT molecular complexity index is 1110. The standard InChI is InChI=1S/C23H25F2N3O2/c1-27-11-23(12-27)13-28(9-14-7-15(24)3-6-18(14)25)20(10-29)22-21(23)17-5-4-16(30-2)8-19(17)26-22/h3-8,20,26,29H,9-13H2,1-2H3/t20-/m0/s1. The van der Waals surface area contributed by atoms with Gasteiger partial charge in [-0.1, -0.05) is 0 Å². The van der Waals surface area contributed by atoms with Crippen LogP contribution in [0.1, 0.15) is 22.9 Å². The predicted molar refractivity (Wildman–Crippen MR) is 111 cm³/mol. The summed E-state index contributed by atoms with van der Waals surface area (Å²) in [6, 6.07) is 9.20. The SMILES string of the molecule is COc1ccc2c3c([nH]c2c1)[C@H](CO)N(Cc1cc(F)ccc1F)CC31CN(C)C1. The van der Waals surface area contributed by atoms with Crippen molar-refractivity contribution in [3.8, 4) is 5.75 Å². The molecule has 0 unspecified atom stereocenters. The Labute approximate surface area is 173 Å². The van der Waals surface area contributed by atoms with E-state index in [9.17, 15) is 13.9 Å². The summed E-state index contributed by atoms with van der Waals surface area (Å²) in [6.07, 6.45) is 0. The normalized spacial score (nSPS) is 21.0. The van der Waals surface area contributed by atoms with Gasteiger partial charge in [-0.05, 0) is 42.9 Å². The summed E-state index contributed by atoms with van der Waals surface area (Å²) in [6.45, 7) is 2.54. The molecule has 30 heavy (non-hydrogen) atoms. The molecule has 2 N–H and O–H groups in total. The average Bonchev–Trinajstić information content (AvgIpc) is 3.08. The number of halogens is 2. The Morgan fingerprint density at radius 1 is 1.17 bits per heavy atom. The minimum atomic E-state index is -0.458. The van der Waals surface area contributed by atoms with E-state index >= 15 is 0 Å². The number of nitrogens with one attached hydrogen (secondary N) is 1. The number of likely N-dealkylation sites (N-methyl/N-ethyl adjacent to an activating group) is 1. The molecule has 0 aliphatic carbocycles. The average molecular weight is 413 g/mol. The number of H-pyrrole nitrogens is 1. The molecule has 3 heterocycles. The summed E-state index contributed by atoms with van der Waals surface area (Å²) in [5, 5.41) is 11.4. The Balaban J connectivity index is 1.62. The molecule has 7 heteroatoms. The van der Waals surface area contributed by atoms with Gasteiger partial charge >= 0.3 is 0 Å². The zero-order valence-electron chi connectivity index (χ0n) is 17.1. The third-order valence-electron chi connectivity index (χ3n) is 6.54. The highest BCUT2D eigenvalue weighted by molar-refractivity contribution is 5.88. The van der Waals surface area contributed by atoms with Crippen LogP contribution in [0.3, 0.4) is 0 Å². The third-order valence-corrected chi connectivity index (χ3v) is 6.54. The smallest absolute Gasteiger partial charge is 0.127 e. The van der Waals surface area contributed by atoms with Gasteiger partial charge in [0.25, 0.3) is 0 Å². The number of hydrogen-bond donors (Lipinski definition) is 2. The van der Waals surface area contributed by atoms with E-state index in [0.717, 1.165) is 47.6 Å². The number of nitrogens with zero attached hydrogens (tertiary/aromatic N) is 2. The first kappa shape index (κ1) is 19.5. The van der Waals surface area contributed by atoms with E-state index in [4.69, 9.17) is 4.74 Å². The highest BCUT2D eigenvalue weighted by Gasteiger charge is 2.51. The first-order valence-electron chi connectivity index (χ1n) is 10.1. The van der Waals surface area contributed by atoms with Crippen LogP contribution >= 0.6 is 0 Å². The van der Waals surface area contributed by atoms with Crippen molar-refractivity contribution in [1.82, 2.24) is 14.8 Å². The fourth-order valence-electron chi connectivity index (χ4n) is 5.41. The van der Waals surface area contributed by atoms with Crippen LogP contribution in [0.25, 0.3) is 10.9 Å². The number of fused-ring (bicyclic) bond motifs is 4. The fourth-order valence-corrected chi connectivity index (χ4v) is 5.41. The maximum Gasteiger partial charge on any atom is 0.127 e. The van der Waals surface area contributed by atoms with Gasteiger partial charge in [0.1, 0.15) is 17.4 Å². The first-order chi connectivity index (χ1) is 14.4. The van der Waals surface area contributed by atoms with Crippen molar-refractivity contribution in [3.05, 3.63) is 64.9 Å². The van der Waals surface area contributed by atoms with Gasteiger partial charge in [0.05, 0.1) is 19.8 Å². The van der Waals surface area contributed by atoms with Gasteiger partial charge in [-0.2, -0.15) is 0 Å². The monoisotopic (exact) mass is 413 g/mol. The van der Waals surface area contributed by atoms with Crippen molar-refractivity contribution in [2.45, 2.75) is 18.0 Å². The molecular formula is C23H25F2N3O2. The molecule has 1 saturated heterocycles. The second kappa shape index (κ2) is 7.04. The van der Waals surface area contributed by atoms with Crippen molar-refractivity contribution in [3.63, 3.8) is 0 Å². The molecule has 5 rings (SSSR count). The molecule has 0 amide bonds. The Kier molecular flexibility index (Phi) is 4.57. The van der Waals surface area contributed by atoms with Gasteiger partial charge in [0.15, 0.2) is 0 Å². The summed E-state index contributed by atoms with van der Waals surface area (Å²) >= 11 is 0. The molecule has 0 saturated carbocycles. The minimum Gasteiger partial charge on any atom is -0.497 e. The second-order valence-electron chi connectivity index (χ2n) is 8.62. The minimum absolute atomic E-state index is 0.111. The molecular weight excluding hydrogens is 388 g/mol. The maximum absolute atomic E-state index is 14.4. The van der Waals surface area contributed by atoms with E-state index < -0.39 is 11.6 Å². The molecule has 158 valence electrons. The van der Waals surface area contributed by atoms with Gasteiger partial charge in [-0.25, -0.2) is 8.78 Å². The summed E-state index contributed by atoms with van der Waals surface area (Å²) in [5.74, 6) is -0.124. The van der Waals surface area contributed by atoms with Crippen molar-refractivity contribution >= 4 is 10.9 Å². The van der Waals surface area contributed by atoms with Crippen LogP contribution < -0.4 is 4.74 Å². The number of hydrogen-bond acceptors (Lipinski definition) is 4. The van der Waals surface area contributed by atoms with E-state index in [1.165, 1.54) is 11.6 Å². The van der Waals surface area contributed by atoms with Crippen LogP contribution in [0.4, 0.5) is 8.78 Å². The molecule has 0 bridgehead atoms. The van der Waals surface area contributed by atoms with Crippen molar-refractivity contribution in [1.29, 1.82) is 0 Å². The molecule has 1 fully saturated rings. The number of ether oxygens (including phenoxy) is 1. The van der Waals surface area contributed by atoms with Crippen LogP contribution in [0, 0.1) is 11.6 Å². The summed E-state index contributed by atoms with van der Waals surface area (Å²) in [7, 11) is 3.72. The molecule has 2 aliphatic heterocycles. The van der Waals surface area contributed by atoms with Gasteiger partial charge in [-0.15, -0.1) is 0 Å². The summed E-state index contributed by atoms with van der Waals surface area (Å²) in [5.41, 5.74) is 3.33. The van der Waals surface area contributed by atoms with Gasteiger partial charge < -0.3 is 19.7 Å². The van der Waals surface area contributed by atoms with Crippen molar-refractivity contribution in [2.24, 2.45) is 0 Å². The van der Waals surface area contributed by atoms with Crippen molar-refractivity contribution < 1.29 is 18.6 Å². The highest BCUT2D eigenvalue weighted by atomic mass is 19.1. The summed E-state index contributed by atoms with van der Waals surface area (Å²) < 4.78 is 33.5. The number of aromatic amines is 1. The molecule has 1 spiro atoms. The number of aliphatic hydroxyl groups excluding tert-OH is 1. The van der Waals surface area contributed by atoms with Crippen LogP contribution in [0.2, 0.25) is 0 Å². The lowest BCUT2D eigenvalue weighted by Crippen LogP contribution is -2.65. The number of likely N-dealkylation sites (tertiary alicyclic amines) is 1. The maximum atomic E-state index is 14.4. The van der Waals surface area contributed by atoms with E-state index in [1.807, 2.05) is 12.1 Å². The fraction of sp³-hybridized carbons (Fsp3) is 0.391. The van der Waals surface area contributed by atoms with E-state index in [0.29, 0.717) is 12.1 Å². The van der Waals surface area contributed by atoms with Gasteiger partial charge in [0.2, 0.25) is 0 Å². The molecule has 2 aromatic carbocycles. The van der Waals surface area contributed by atoms with E-state index in [-0.39, 0.29) is 24.6 Å². The molecule has 2 aliphatic rings. The lowest BCUT2D eigenvalue weighted by atomic mass is 9.69. The first-order valence-corrected chi connectivity index (χ1v) is 10.1. The molecule has 1 atom stereocenters. The molecule has 5 nitrogen and oxygen atoms in total. The highest BCUT2D eigenvalue weighted by Crippen LogP contribution is 2.48. The number of aromatic nitrogens is 1. The quantitative estimate of drug-likeness (QED) is 0.690. The molecule has 0 radical (unpaired) electrons. The lowest BCUT2D eigenvalue weighted by molar-refractivity contribution is 0.00375. The Morgan fingerprint density at radius 3 is 2.67 bits per heavy atom. The zero-order valence-corrected chi connectivity index (χ0v) is 17.1. The van der Waals surface area contributed by atoms with Crippen LogP contribution in [0.5, 0.6) is 5.75 Å². The zero-order chi connectivity index (χ0) is 21.0. The Hall–Kier alpha value is -2.48. The predicted octanol–water partition coefficient (Wildman–Crippen LogP) is 3.19. The Morgan fingerprint density at radius 2 is 1.97 bits per heavy atom. The van der Waals surface area contributed by atoms with Crippen molar-refractivity contribution in [2.75, 3.05) is 40.4 Å². The third kappa shape index (κ3) is 2.92. The second-order valence-corrected chi connectivity index (χ2v) is 8.62. The van der Waals surface area contributed by atoms with Gasteiger partial charge in [-0.3, -0.25) is 4.90 Å². The van der Waals surface area contributed by atoms with Crippen LogP contribution in [0.15, 0.2) is 36.4 Å². The number of benzene rings is 2. The number of aliphatic hydroxyl groups is 1. The topological polar surface area (TPSA) is 51.7 Å². The number of methoxy groups -OCH3 is 1. The largest absolute Gasteiger partial charge is 0.497 e. The molecule has 3 aromatic rings. The molecule has 1 aromatic heterocycles. The van der Waals surface area contributed by atoms with Crippen LogP contribution in [-0.2, 0) is 12.0 Å². The van der Waals surface area contributed by atoms with Gasteiger partial charge in [0, 0.05) is 59.8 Å². The summed E-state index contributed by atoms with van der Waals surface area (Å²) in [4.78, 5) is 7.83. The van der Waals surface area contributed by atoms with E-state index in [2.05, 4.69) is 27.9 Å². The van der Waals surface area contributed by atoms with E-state index in [1.54, 1.807) is 7.11 Å².